The van der Waals surface area contributed by atoms with Crippen molar-refractivity contribution in [3.63, 3.8) is 0 Å². The van der Waals surface area contributed by atoms with Crippen molar-refractivity contribution in [2.45, 2.75) is 13.5 Å². The molecule has 0 fully saturated rings. The highest BCUT2D eigenvalue weighted by Gasteiger charge is 2.15. The summed E-state index contributed by atoms with van der Waals surface area (Å²) in [5.74, 6) is 5.33. The maximum Gasteiger partial charge on any atom is 0.330 e. The summed E-state index contributed by atoms with van der Waals surface area (Å²) in [6.45, 7) is 1.87. The Labute approximate surface area is 125 Å². The van der Waals surface area contributed by atoms with Gasteiger partial charge in [0, 0.05) is 13.1 Å². The third-order valence-corrected chi connectivity index (χ3v) is 3.02. The van der Waals surface area contributed by atoms with Crippen LogP contribution in [0.1, 0.15) is 12.7 Å². The SMILES string of the molecule is CC#CCn1c(C=CC(=O)OC)nc2c1c(=O)[nH]c(=O)n2C. The van der Waals surface area contributed by atoms with E-state index >= 15 is 0 Å². The summed E-state index contributed by atoms with van der Waals surface area (Å²) in [6, 6.07) is 0. The molecule has 0 bridgehead atoms. The molecule has 0 saturated carbocycles. The molecule has 0 unspecified atom stereocenters. The minimum absolute atomic E-state index is 0.204. The van der Waals surface area contributed by atoms with E-state index in [1.165, 1.54) is 35.4 Å². The number of aromatic nitrogens is 4. The second-order valence-electron chi connectivity index (χ2n) is 4.33. The second kappa shape index (κ2) is 6.13. The van der Waals surface area contributed by atoms with E-state index in [1.807, 2.05) is 0 Å². The molecule has 2 rings (SSSR count). The lowest BCUT2D eigenvalue weighted by atomic mass is 10.4. The average molecular weight is 302 g/mol. The van der Waals surface area contributed by atoms with E-state index in [4.69, 9.17) is 0 Å². The fourth-order valence-electron chi connectivity index (χ4n) is 1.91. The van der Waals surface area contributed by atoms with Crippen LogP contribution in [0.15, 0.2) is 15.7 Å². The number of fused-ring (bicyclic) bond motifs is 1. The average Bonchev–Trinajstić information content (AvgIpc) is 2.87. The van der Waals surface area contributed by atoms with Gasteiger partial charge in [0.2, 0.25) is 0 Å². The van der Waals surface area contributed by atoms with Gasteiger partial charge in [-0.05, 0) is 13.0 Å². The van der Waals surface area contributed by atoms with Gasteiger partial charge in [0.15, 0.2) is 11.2 Å². The zero-order chi connectivity index (χ0) is 16.3. The van der Waals surface area contributed by atoms with Gasteiger partial charge < -0.3 is 9.30 Å². The summed E-state index contributed by atoms with van der Waals surface area (Å²) in [6.07, 6.45) is 2.59. The molecule has 2 aromatic rings. The highest BCUT2D eigenvalue weighted by atomic mass is 16.5. The topological polar surface area (TPSA) is 99.0 Å². The van der Waals surface area contributed by atoms with E-state index in [2.05, 4.69) is 26.5 Å². The van der Waals surface area contributed by atoms with Crippen LogP contribution >= 0.6 is 0 Å². The van der Waals surface area contributed by atoms with Gasteiger partial charge in [-0.25, -0.2) is 14.6 Å². The number of rotatable bonds is 3. The Morgan fingerprint density at radius 3 is 2.82 bits per heavy atom. The fraction of sp³-hybridized carbons (Fsp3) is 0.286. The first-order chi connectivity index (χ1) is 10.5. The highest BCUT2D eigenvalue weighted by molar-refractivity contribution is 5.87. The van der Waals surface area contributed by atoms with Gasteiger partial charge in [0.1, 0.15) is 5.82 Å². The number of H-pyrrole nitrogens is 1. The smallest absolute Gasteiger partial charge is 0.330 e. The molecule has 2 aromatic heterocycles. The van der Waals surface area contributed by atoms with Crippen molar-refractivity contribution in [1.82, 2.24) is 19.1 Å². The van der Waals surface area contributed by atoms with E-state index in [1.54, 1.807) is 6.92 Å². The number of ether oxygens (including phenoxy) is 1. The molecule has 22 heavy (non-hydrogen) atoms. The zero-order valence-corrected chi connectivity index (χ0v) is 12.3. The number of hydrogen-bond acceptors (Lipinski definition) is 5. The number of aromatic amines is 1. The molecule has 0 spiro atoms. The molecule has 0 saturated heterocycles. The van der Waals surface area contributed by atoms with Crippen LogP contribution in [0.5, 0.6) is 0 Å². The van der Waals surface area contributed by atoms with E-state index in [-0.39, 0.29) is 17.7 Å². The molecule has 8 nitrogen and oxygen atoms in total. The molecule has 0 aromatic carbocycles. The number of nitrogens with one attached hydrogen (secondary N) is 1. The number of esters is 1. The summed E-state index contributed by atoms with van der Waals surface area (Å²) in [7, 11) is 2.75. The van der Waals surface area contributed by atoms with E-state index in [0.717, 1.165) is 0 Å². The lowest BCUT2D eigenvalue weighted by molar-refractivity contribution is -0.134. The Bertz CT molecular complexity index is 934. The Morgan fingerprint density at radius 1 is 1.45 bits per heavy atom. The fourth-order valence-corrected chi connectivity index (χ4v) is 1.91. The number of carbonyl (C=O) groups excluding carboxylic acids is 1. The van der Waals surface area contributed by atoms with Crippen LogP contribution in [-0.4, -0.2) is 32.2 Å². The van der Waals surface area contributed by atoms with Gasteiger partial charge in [-0.1, -0.05) is 5.92 Å². The van der Waals surface area contributed by atoms with Crippen LogP contribution in [-0.2, 0) is 23.1 Å². The zero-order valence-electron chi connectivity index (χ0n) is 12.3. The molecule has 8 heteroatoms. The van der Waals surface area contributed by atoms with Crippen molar-refractivity contribution in [3.8, 4) is 11.8 Å². The van der Waals surface area contributed by atoms with Crippen molar-refractivity contribution in [3.05, 3.63) is 32.7 Å². The summed E-state index contributed by atoms with van der Waals surface area (Å²) in [5.41, 5.74) is -0.682. The lowest BCUT2D eigenvalue weighted by Gasteiger charge is -2.01. The van der Waals surface area contributed by atoms with Crippen molar-refractivity contribution in [2.75, 3.05) is 7.11 Å². The second-order valence-corrected chi connectivity index (χ2v) is 4.33. The first kappa shape index (κ1) is 15.3. The van der Waals surface area contributed by atoms with Crippen molar-refractivity contribution in [2.24, 2.45) is 7.05 Å². The molecular formula is C14H14N4O4. The first-order valence-electron chi connectivity index (χ1n) is 6.34. The maximum absolute atomic E-state index is 12.0. The summed E-state index contributed by atoms with van der Waals surface area (Å²) >= 11 is 0. The minimum Gasteiger partial charge on any atom is -0.466 e. The van der Waals surface area contributed by atoms with Crippen LogP contribution in [0.3, 0.4) is 0 Å². The summed E-state index contributed by atoms with van der Waals surface area (Å²) < 4.78 is 7.28. The predicted octanol–water partition coefficient (Wildman–Crippen LogP) is -0.367. The Morgan fingerprint density at radius 2 is 2.18 bits per heavy atom. The van der Waals surface area contributed by atoms with Gasteiger partial charge in [-0.2, -0.15) is 0 Å². The Hall–Kier alpha value is -3.08. The van der Waals surface area contributed by atoms with Crippen LogP contribution in [0.25, 0.3) is 17.2 Å². The number of imidazole rings is 1. The summed E-state index contributed by atoms with van der Waals surface area (Å²) in [5, 5.41) is 0. The number of methoxy groups -OCH3 is 1. The standard InChI is InChI=1S/C14H14N4O4/c1-4-5-8-18-9(6-7-10(19)22-3)15-12-11(18)13(20)16-14(21)17(12)2/h6-7H,8H2,1-3H3,(H,16,20,21). The molecule has 0 radical (unpaired) electrons. The van der Waals surface area contributed by atoms with E-state index in [9.17, 15) is 14.4 Å². The highest BCUT2D eigenvalue weighted by Crippen LogP contribution is 2.12. The molecule has 0 amide bonds. The maximum atomic E-state index is 12.0. The molecule has 0 atom stereocenters. The van der Waals surface area contributed by atoms with Crippen molar-refractivity contribution < 1.29 is 9.53 Å². The molecular weight excluding hydrogens is 288 g/mol. The Kier molecular flexibility index (Phi) is 4.27. The predicted molar refractivity (Wildman–Crippen MR) is 80.1 cm³/mol. The minimum atomic E-state index is -0.563. The van der Waals surface area contributed by atoms with Gasteiger partial charge in [-0.3, -0.25) is 14.3 Å². The van der Waals surface area contributed by atoms with Crippen molar-refractivity contribution >= 4 is 23.2 Å². The van der Waals surface area contributed by atoms with Gasteiger partial charge in [0.05, 0.1) is 13.7 Å². The largest absolute Gasteiger partial charge is 0.466 e. The molecule has 2 heterocycles. The number of hydrogen-bond donors (Lipinski definition) is 1. The molecule has 1 N–H and O–H groups in total. The Balaban J connectivity index is 2.76. The van der Waals surface area contributed by atoms with E-state index < -0.39 is 17.2 Å². The molecule has 114 valence electrons. The van der Waals surface area contributed by atoms with Crippen LogP contribution in [0.2, 0.25) is 0 Å². The third kappa shape index (κ3) is 2.69. The van der Waals surface area contributed by atoms with Gasteiger partial charge in [-0.15, -0.1) is 5.92 Å². The van der Waals surface area contributed by atoms with Gasteiger partial charge in [0.25, 0.3) is 5.56 Å². The monoisotopic (exact) mass is 302 g/mol. The number of aryl methyl sites for hydroxylation is 1. The lowest BCUT2D eigenvalue weighted by Crippen LogP contribution is -2.29. The molecule has 0 aliphatic carbocycles. The molecule has 0 aliphatic heterocycles. The van der Waals surface area contributed by atoms with E-state index in [0.29, 0.717) is 5.82 Å². The normalized spacial score (nSPS) is 10.7. The first-order valence-corrected chi connectivity index (χ1v) is 6.34. The third-order valence-electron chi connectivity index (χ3n) is 3.02. The van der Waals surface area contributed by atoms with Crippen LogP contribution in [0.4, 0.5) is 0 Å². The number of carbonyl (C=O) groups is 1. The number of nitrogens with zero attached hydrogens (tertiary/aromatic N) is 3. The van der Waals surface area contributed by atoms with Gasteiger partial charge >= 0.3 is 11.7 Å². The van der Waals surface area contributed by atoms with Crippen LogP contribution in [0, 0.1) is 11.8 Å². The summed E-state index contributed by atoms with van der Waals surface area (Å²) in [4.78, 5) is 41.4. The van der Waals surface area contributed by atoms with Crippen LogP contribution < -0.4 is 11.2 Å². The van der Waals surface area contributed by atoms with Crippen molar-refractivity contribution in [1.29, 1.82) is 0 Å². The quantitative estimate of drug-likeness (QED) is 0.474. The molecule has 0 aliphatic rings.